The molecule has 0 saturated heterocycles. The van der Waals surface area contributed by atoms with Crippen LogP contribution in [0, 0.1) is 29.1 Å². The van der Waals surface area contributed by atoms with Gasteiger partial charge in [0.1, 0.15) is 6.61 Å². The monoisotopic (exact) mass is 651 g/mol. The molecule has 0 saturated carbocycles. The van der Waals surface area contributed by atoms with E-state index in [0.717, 1.165) is 12.1 Å². The summed E-state index contributed by atoms with van der Waals surface area (Å²) in [5, 5.41) is 2.79. The zero-order chi connectivity index (χ0) is 33.0. The van der Waals surface area contributed by atoms with Crippen molar-refractivity contribution in [2.45, 2.75) is 12.6 Å². The van der Waals surface area contributed by atoms with E-state index in [9.17, 15) is 44.7 Å². The van der Waals surface area contributed by atoms with Crippen molar-refractivity contribution in [2.75, 3.05) is 51.6 Å². The predicted octanol–water partition coefficient (Wildman–Crippen LogP) is 6.35. The molecule has 244 valence electrons. The molecule has 1 N–H and O–H groups in total. The van der Waals surface area contributed by atoms with E-state index >= 15 is 0 Å². The maximum atomic E-state index is 13.5. The molecule has 0 amide bonds. The number of ether oxygens (including phenoxy) is 5. The second-order valence-electron chi connectivity index (χ2n) is 8.85. The van der Waals surface area contributed by atoms with Crippen molar-refractivity contribution in [3.05, 3.63) is 88.7 Å². The van der Waals surface area contributed by atoms with Gasteiger partial charge in [-0.15, -0.1) is 0 Å². The SMILES string of the molecule is O=C(CCOCCOCCOCCOC(=O)c1ccccc1Nc1cccc(C(F)(F)F)c1)Oc1c(F)c(F)c(F)c(F)c1F. The van der Waals surface area contributed by atoms with Crippen LogP contribution in [-0.4, -0.2) is 58.2 Å². The number of alkyl halides is 3. The summed E-state index contributed by atoms with van der Waals surface area (Å²) >= 11 is 0. The first kappa shape index (κ1) is 35.2. The van der Waals surface area contributed by atoms with Gasteiger partial charge in [0.2, 0.25) is 34.8 Å². The number of para-hydroxylation sites is 1. The number of benzene rings is 3. The van der Waals surface area contributed by atoms with Gasteiger partial charge in [0.05, 0.1) is 62.9 Å². The van der Waals surface area contributed by atoms with Crippen molar-refractivity contribution in [1.82, 2.24) is 0 Å². The van der Waals surface area contributed by atoms with E-state index in [1.807, 2.05) is 0 Å². The van der Waals surface area contributed by atoms with Crippen LogP contribution in [0.15, 0.2) is 48.5 Å². The Morgan fingerprint density at radius 1 is 0.667 bits per heavy atom. The Morgan fingerprint density at radius 2 is 1.22 bits per heavy atom. The molecule has 3 aromatic carbocycles. The number of carbonyl (C=O) groups excluding carboxylic acids is 2. The van der Waals surface area contributed by atoms with Gasteiger partial charge < -0.3 is 29.0 Å². The lowest BCUT2D eigenvalue weighted by Gasteiger charge is -2.13. The zero-order valence-electron chi connectivity index (χ0n) is 23.2. The Hall–Kier alpha value is -4.28. The molecular formula is C29H25F8NO7. The number of hydrogen-bond donors (Lipinski definition) is 1. The van der Waals surface area contributed by atoms with Crippen LogP contribution in [0.2, 0.25) is 0 Å². The van der Waals surface area contributed by atoms with Crippen molar-refractivity contribution in [3.8, 4) is 5.75 Å². The van der Waals surface area contributed by atoms with E-state index in [2.05, 4.69) is 10.1 Å². The molecule has 8 nitrogen and oxygen atoms in total. The highest BCUT2D eigenvalue weighted by Gasteiger charge is 2.31. The molecule has 0 aromatic heterocycles. The largest absolute Gasteiger partial charge is 0.460 e. The number of esters is 2. The van der Waals surface area contributed by atoms with Crippen molar-refractivity contribution >= 4 is 23.3 Å². The van der Waals surface area contributed by atoms with Crippen molar-refractivity contribution < 1.29 is 68.4 Å². The second-order valence-corrected chi connectivity index (χ2v) is 8.85. The highest BCUT2D eigenvalue weighted by molar-refractivity contribution is 5.96. The van der Waals surface area contributed by atoms with Crippen LogP contribution in [0.3, 0.4) is 0 Å². The molecular weight excluding hydrogens is 626 g/mol. The summed E-state index contributed by atoms with van der Waals surface area (Å²) in [7, 11) is 0. The predicted molar refractivity (Wildman–Crippen MR) is 140 cm³/mol. The van der Waals surface area contributed by atoms with Gasteiger partial charge in [0.15, 0.2) is 0 Å². The molecule has 45 heavy (non-hydrogen) atoms. The number of anilines is 2. The Kier molecular flexibility index (Phi) is 13.1. The maximum Gasteiger partial charge on any atom is 0.416 e. The summed E-state index contributed by atoms with van der Waals surface area (Å²) in [5.74, 6) is -15.1. The van der Waals surface area contributed by atoms with E-state index in [1.54, 1.807) is 12.1 Å². The molecule has 0 radical (unpaired) electrons. The average Bonchev–Trinajstić information content (AvgIpc) is 3.01. The lowest BCUT2D eigenvalue weighted by Crippen LogP contribution is -2.17. The van der Waals surface area contributed by atoms with Crippen molar-refractivity contribution in [2.24, 2.45) is 0 Å². The molecule has 0 unspecified atom stereocenters. The fraction of sp³-hybridized carbons (Fsp3) is 0.310. The van der Waals surface area contributed by atoms with Crippen LogP contribution in [0.4, 0.5) is 46.5 Å². The minimum absolute atomic E-state index is 0.0125. The third-order valence-electron chi connectivity index (χ3n) is 5.66. The summed E-state index contributed by atoms with van der Waals surface area (Å²) in [6.45, 7) is -0.135. The summed E-state index contributed by atoms with van der Waals surface area (Å²) in [6.07, 6.45) is -5.07. The minimum atomic E-state index is -4.53. The molecule has 0 aliphatic carbocycles. The summed E-state index contributed by atoms with van der Waals surface area (Å²) in [6, 6.07) is 10.6. The van der Waals surface area contributed by atoms with Gasteiger partial charge in [-0.05, 0) is 30.3 Å². The highest BCUT2D eigenvalue weighted by atomic mass is 19.4. The Labute approximate surface area is 250 Å². The first-order chi connectivity index (χ1) is 21.4. The Bertz CT molecular complexity index is 1440. The molecule has 0 spiro atoms. The fourth-order valence-corrected chi connectivity index (χ4v) is 3.51. The maximum absolute atomic E-state index is 13.5. The molecule has 0 atom stereocenters. The summed E-state index contributed by atoms with van der Waals surface area (Å²) in [5.41, 5.74) is -0.368. The van der Waals surface area contributed by atoms with Crippen LogP contribution in [0.25, 0.3) is 0 Å². The third kappa shape index (κ3) is 10.4. The molecule has 0 fully saturated rings. The van der Waals surface area contributed by atoms with Crippen LogP contribution in [0.1, 0.15) is 22.3 Å². The summed E-state index contributed by atoms with van der Waals surface area (Å²) < 4.78 is 130. The number of nitrogens with one attached hydrogen (secondary N) is 1. The first-order valence-electron chi connectivity index (χ1n) is 13.1. The molecule has 16 heteroatoms. The summed E-state index contributed by atoms with van der Waals surface area (Å²) in [4.78, 5) is 24.2. The topological polar surface area (TPSA) is 92.3 Å². The van der Waals surface area contributed by atoms with Crippen LogP contribution < -0.4 is 10.1 Å². The van der Waals surface area contributed by atoms with Gasteiger partial charge in [-0.25, -0.2) is 18.0 Å². The first-order valence-corrected chi connectivity index (χ1v) is 13.1. The number of hydrogen-bond acceptors (Lipinski definition) is 8. The molecule has 0 aliphatic rings. The highest BCUT2D eigenvalue weighted by Crippen LogP contribution is 2.32. The second kappa shape index (κ2) is 16.7. The van der Waals surface area contributed by atoms with Gasteiger partial charge in [0.25, 0.3) is 0 Å². The number of halogens is 8. The minimum Gasteiger partial charge on any atom is -0.460 e. The third-order valence-corrected chi connectivity index (χ3v) is 5.66. The van der Waals surface area contributed by atoms with Gasteiger partial charge in [-0.1, -0.05) is 18.2 Å². The van der Waals surface area contributed by atoms with Crippen molar-refractivity contribution in [1.29, 1.82) is 0 Å². The smallest absolute Gasteiger partial charge is 0.416 e. The van der Waals surface area contributed by atoms with E-state index < -0.39 is 64.9 Å². The van der Waals surface area contributed by atoms with Gasteiger partial charge >= 0.3 is 18.1 Å². The van der Waals surface area contributed by atoms with Gasteiger partial charge in [0, 0.05) is 5.69 Å². The standard InChI is InChI=1S/C29H25F8NO7/c30-22-23(31)25(33)27(26(34)24(22)32)45-21(39)8-9-41-10-11-42-12-13-43-14-15-44-28(40)19-6-1-2-7-20(19)38-18-5-3-4-17(16-18)29(35,36)37/h1-7,16,38H,8-15H2. The molecule has 0 heterocycles. The zero-order valence-corrected chi connectivity index (χ0v) is 23.2. The fourth-order valence-electron chi connectivity index (χ4n) is 3.51. The number of rotatable bonds is 16. The molecule has 0 bridgehead atoms. The van der Waals surface area contributed by atoms with Crippen LogP contribution >= 0.6 is 0 Å². The van der Waals surface area contributed by atoms with E-state index in [-0.39, 0.29) is 63.2 Å². The molecule has 3 rings (SSSR count). The Morgan fingerprint density at radius 3 is 1.84 bits per heavy atom. The lowest BCUT2D eigenvalue weighted by atomic mass is 10.1. The van der Waals surface area contributed by atoms with Gasteiger partial charge in [-0.3, -0.25) is 4.79 Å². The molecule has 0 aliphatic heterocycles. The number of carbonyl (C=O) groups is 2. The quantitative estimate of drug-likeness (QED) is 0.0479. The van der Waals surface area contributed by atoms with E-state index in [4.69, 9.17) is 18.9 Å². The van der Waals surface area contributed by atoms with Crippen molar-refractivity contribution in [3.63, 3.8) is 0 Å². The van der Waals surface area contributed by atoms with Gasteiger partial charge in [-0.2, -0.15) is 22.0 Å². The van der Waals surface area contributed by atoms with E-state index in [1.165, 1.54) is 24.3 Å². The lowest BCUT2D eigenvalue weighted by molar-refractivity contribution is -0.138. The Balaban J connectivity index is 1.26. The van der Waals surface area contributed by atoms with E-state index in [0.29, 0.717) is 0 Å². The normalized spacial score (nSPS) is 11.4. The van der Waals surface area contributed by atoms with Crippen LogP contribution in [0.5, 0.6) is 5.75 Å². The molecule has 3 aromatic rings. The van der Waals surface area contributed by atoms with Crippen LogP contribution in [-0.2, 0) is 29.9 Å². The average molecular weight is 652 g/mol.